The first-order valence-electron chi connectivity index (χ1n) is 9.43. The van der Waals surface area contributed by atoms with E-state index < -0.39 is 16.0 Å². The minimum atomic E-state index is -3.82. The molecule has 0 amide bonds. The van der Waals surface area contributed by atoms with Gasteiger partial charge >= 0.3 is 5.97 Å². The molecule has 1 N–H and O–H groups in total. The van der Waals surface area contributed by atoms with Gasteiger partial charge in [0.15, 0.2) is 11.6 Å². The highest BCUT2D eigenvalue weighted by molar-refractivity contribution is 7.89. The second-order valence-electron chi connectivity index (χ2n) is 6.62. The van der Waals surface area contributed by atoms with E-state index in [9.17, 15) is 13.2 Å². The molecule has 0 saturated heterocycles. The number of carbonyl (C=O) groups is 1. The Kier molecular flexibility index (Phi) is 7.10. The van der Waals surface area contributed by atoms with Crippen molar-refractivity contribution in [1.82, 2.24) is 24.4 Å². The third-order valence-corrected chi connectivity index (χ3v) is 5.79. The summed E-state index contributed by atoms with van der Waals surface area (Å²) in [7, 11) is 0.917. The summed E-state index contributed by atoms with van der Waals surface area (Å²) in [5.74, 6) is 1.36. The highest BCUT2D eigenvalue weighted by atomic mass is 32.2. The van der Waals surface area contributed by atoms with Gasteiger partial charge in [0.1, 0.15) is 17.3 Å². The lowest BCUT2D eigenvalue weighted by molar-refractivity contribution is -0.145. The third kappa shape index (κ3) is 5.42. The number of hydrogen-bond acceptors (Lipinski definition) is 10. The van der Waals surface area contributed by atoms with Gasteiger partial charge < -0.3 is 23.3 Å². The van der Waals surface area contributed by atoms with Gasteiger partial charge in [0.2, 0.25) is 5.82 Å². The fourth-order valence-electron chi connectivity index (χ4n) is 2.64. The summed E-state index contributed by atoms with van der Waals surface area (Å²) in [4.78, 5) is 20.1. The molecule has 0 saturated carbocycles. The second-order valence-corrected chi connectivity index (χ2v) is 8.34. The van der Waals surface area contributed by atoms with Crippen LogP contribution < -0.4 is 14.2 Å². The lowest BCUT2D eigenvalue weighted by atomic mass is 10.2. The van der Waals surface area contributed by atoms with Crippen LogP contribution in [-0.2, 0) is 33.2 Å². The predicted molar refractivity (Wildman–Crippen MR) is 110 cm³/mol. The quantitative estimate of drug-likeness (QED) is 0.433. The van der Waals surface area contributed by atoms with Gasteiger partial charge in [-0.1, -0.05) is 5.16 Å². The molecule has 12 nitrogen and oxygen atoms in total. The summed E-state index contributed by atoms with van der Waals surface area (Å²) in [5.41, 5.74) is 0.578. The van der Waals surface area contributed by atoms with Crippen LogP contribution in [0.5, 0.6) is 11.5 Å². The standard InChI is InChI=1S/C19H23N5O7S/c1-12-21-17(10-24(12)2)32(26,27)20-8-7-18(25)30-11-16-22-19(23-31-16)14-6-5-13(28-3)9-15(14)29-4/h5-6,9-10,20H,7-8,11H2,1-4H3. The molecule has 0 fully saturated rings. The maximum atomic E-state index is 12.2. The highest BCUT2D eigenvalue weighted by Gasteiger charge is 2.19. The Morgan fingerprint density at radius 1 is 1.22 bits per heavy atom. The van der Waals surface area contributed by atoms with Gasteiger partial charge in [-0.25, -0.2) is 18.1 Å². The lowest BCUT2D eigenvalue weighted by Crippen LogP contribution is -2.27. The number of nitrogens with one attached hydrogen (secondary N) is 1. The molecule has 0 aliphatic rings. The van der Waals surface area contributed by atoms with Crippen molar-refractivity contribution >= 4 is 16.0 Å². The molecular weight excluding hydrogens is 442 g/mol. The topological polar surface area (TPSA) is 148 Å². The molecular formula is C19H23N5O7S. The van der Waals surface area contributed by atoms with E-state index in [4.69, 9.17) is 18.7 Å². The number of ether oxygens (including phenoxy) is 3. The highest BCUT2D eigenvalue weighted by Crippen LogP contribution is 2.31. The van der Waals surface area contributed by atoms with Gasteiger partial charge in [-0.15, -0.1) is 0 Å². The maximum Gasteiger partial charge on any atom is 0.307 e. The van der Waals surface area contributed by atoms with Crippen molar-refractivity contribution in [2.75, 3.05) is 20.8 Å². The summed E-state index contributed by atoms with van der Waals surface area (Å²) >= 11 is 0. The normalized spacial score (nSPS) is 11.4. The van der Waals surface area contributed by atoms with E-state index >= 15 is 0 Å². The SMILES string of the molecule is COc1ccc(-c2noc(COC(=O)CCNS(=O)(=O)c3cn(C)c(C)n3)n2)c(OC)c1. The van der Waals surface area contributed by atoms with Gasteiger partial charge in [-0.05, 0) is 19.1 Å². The van der Waals surface area contributed by atoms with Crippen LogP contribution in [0.3, 0.4) is 0 Å². The minimum Gasteiger partial charge on any atom is -0.497 e. The van der Waals surface area contributed by atoms with E-state index in [2.05, 4.69) is 19.8 Å². The molecule has 2 aromatic heterocycles. The van der Waals surface area contributed by atoms with Crippen LogP contribution in [-0.4, -0.2) is 54.8 Å². The molecule has 3 rings (SSSR count). The van der Waals surface area contributed by atoms with E-state index in [1.54, 1.807) is 43.8 Å². The van der Waals surface area contributed by atoms with Gasteiger partial charge in [0.05, 0.1) is 26.2 Å². The Hall–Kier alpha value is -3.45. The van der Waals surface area contributed by atoms with Gasteiger partial charge in [-0.2, -0.15) is 4.98 Å². The number of imidazole rings is 1. The predicted octanol–water partition coefficient (Wildman–Crippen LogP) is 1.21. The molecule has 0 spiro atoms. The second kappa shape index (κ2) is 9.78. The number of aryl methyl sites for hydroxylation is 2. The van der Waals surface area contributed by atoms with Gasteiger partial charge in [-0.3, -0.25) is 4.79 Å². The van der Waals surface area contributed by atoms with Crippen LogP contribution >= 0.6 is 0 Å². The van der Waals surface area contributed by atoms with Crippen LogP contribution in [0.1, 0.15) is 18.1 Å². The van der Waals surface area contributed by atoms with E-state index in [0.717, 1.165) is 0 Å². The maximum absolute atomic E-state index is 12.2. The molecule has 2 heterocycles. The van der Waals surface area contributed by atoms with E-state index in [-0.39, 0.29) is 36.3 Å². The Morgan fingerprint density at radius 3 is 2.66 bits per heavy atom. The molecule has 0 bridgehead atoms. The number of rotatable bonds is 10. The summed E-state index contributed by atoms with van der Waals surface area (Å²) in [6.45, 7) is 1.29. The smallest absolute Gasteiger partial charge is 0.307 e. The first-order chi connectivity index (χ1) is 15.2. The molecule has 1 aromatic carbocycles. The van der Waals surface area contributed by atoms with Crippen molar-refractivity contribution in [2.45, 2.75) is 25.0 Å². The van der Waals surface area contributed by atoms with Crippen LogP contribution in [0.25, 0.3) is 11.4 Å². The van der Waals surface area contributed by atoms with E-state index in [0.29, 0.717) is 22.9 Å². The summed E-state index contributed by atoms with van der Waals surface area (Å²) < 4.78 is 48.9. The number of esters is 1. The van der Waals surface area contributed by atoms with Crippen molar-refractivity contribution in [2.24, 2.45) is 7.05 Å². The van der Waals surface area contributed by atoms with Gasteiger partial charge in [0.25, 0.3) is 15.9 Å². The average molecular weight is 465 g/mol. The zero-order valence-corrected chi connectivity index (χ0v) is 18.8. The minimum absolute atomic E-state index is 0.0794. The molecule has 32 heavy (non-hydrogen) atoms. The zero-order valence-electron chi connectivity index (χ0n) is 18.0. The molecule has 0 atom stereocenters. The van der Waals surface area contributed by atoms with Crippen molar-refractivity contribution in [1.29, 1.82) is 0 Å². The Bertz CT molecular complexity index is 1180. The molecule has 172 valence electrons. The van der Waals surface area contributed by atoms with Crippen LogP contribution in [0, 0.1) is 6.92 Å². The summed E-state index contributed by atoms with van der Waals surface area (Å²) in [6.07, 6.45) is 1.21. The van der Waals surface area contributed by atoms with Crippen molar-refractivity contribution in [3.8, 4) is 22.9 Å². The number of aromatic nitrogens is 4. The van der Waals surface area contributed by atoms with Crippen molar-refractivity contribution < 1.29 is 31.9 Å². The Balaban J connectivity index is 1.51. The van der Waals surface area contributed by atoms with Crippen molar-refractivity contribution in [3.63, 3.8) is 0 Å². The molecule has 3 aromatic rings. The third-order valence-electron chi connectivity index (χ3n) is 4.46. The largest absolute Gasteiger partial charge is 0.497 e. The molecule has 0 aliphatic carbocycles. The van der Waals surface area contributed by atoms with Crippen molar-refractivity contribution in [3.05, 3.63) is 36.1 Å². The average Bonchev–Trinajstić information content (AvgIpc) is 3.38. The summed E-state index contributed by atoms with van der Waals surface area (Å²) in [6, 6.07) is 5.12. The number of methoxy groups -OCH3 is 2. The molecule has 0 aliphatic heterocycles. The lowest BCUT2D eigenvalue weighted by Gasteiger charge is -2.07. The fraction of sp³-hybridized carbons (Fsp3) is 0.368. The van der Waals surface area contributed by atoms with Crippen LogP contribution in [0.2, 0.25) is 0 Å². The molecule has 0 unspecified atom stereocenters. The number of carbonyl (C=O) groups excluding carboxylic acids is 1. The van der Waals surface area contributed by atoms with E-state index in [1.807, 2.05) is 0 Å². The van der Waals surface area contributed by atoms with E-state index in [1.165, 1.54) is 13.3 Å². The zero-order chi connectivity index (χ0) is 23.3. The number of hydrogen-bond donors (Lipinski definition) is 1. The van der Waals surface area contributed by atoms with Crippen LogP contribution in [0.15, 0.2) is 33.9 Å². The number of sulfonamides is 1. The molecule has 13 heteroatoms. The Morgan fingerprint density at radius 2 is 2.00 bits per heavy atom. The fourth-order valence-corrected chi connectivity index (χ4v) is 3.71. The van der Waals surface area contributed by atoms with Gasteiger partial charge in [0, 0.05) is 25.9 Å². The first kappa shape index (κ1) is 23.2. The number of nitrogens with zero attached hydrogens (tertiary/aromatic N) is 4. The Labute approximate surface area is 184 Å². The summed E-state index contributed by atoms with van der Waals surface area (Å²) in [5, 5.41) is 3.75. The molecule has 0 radical (unpaired) electrons. The monoisotopic (exact) mass is 465 g/mol. The first-order valence-corrected chi connectivity index (χ1v) is 10.9. The number of benzene rings is 1. The van der Waals surface area contributed by atoms with Crippen LogP contribution in [0.4, 0.5) is 0 Å².